The number of benzene rings is 2. The summed E-state index contributed by atoms with van der Waals surface area (Å²) in [6.07, 6.45) is -0.122. The van der Waals surface area contributed by atoms with Gasteiger partial charge in [0.1, 0.15) is 17.6 Å². The zero-order chi connectivity index (χ0) is 19.4. The Labute approximate surface area is 179 Å². The van der Waals surface area contributed by atoms with Gasteiger partial charge >= 0.3 is 0 Å². The minimum Gasteiger partial charge on any atom is -0.508 e. The SMILES string of the molecule is Cc1cc(OC(CN2CCNCC2)c2cccc(Cl)c2)c(C(C)C)cc1O.Cl. The van der Waals surface area contributed by atoms with Crippen molar-refractivity contribution < 1.29 is 9.84 Å². The highest BCUT2D eigenvalue weighted by atomic mass is 35.5. The number of aromatic hydroxyl groups is 1. The zero-order valence-electron chi connectivity index (χ0n) is 16.7. The number of hydrogen-bond donors (Lipinski definition) is 2. The molecule has 28 heavy (non-hydrogen) atoms. The highest BCUT2D eigenvalue weighted by Crippen LogP contribution is 2.36. The number of aryl methyl sites for hydroxylation is 1. The van der Waals surface area contributed by atoms with E-state index in [1.807, 2.05) is 37.3 Å². The average molecular weight is 425 g/mol. The first-order valence-electron chi connectivity index (χ1n) is 9.62. The lowest BCUT2D eigenvalue weighted by atomic mass is 9.99. The maximum absolute atomic E-state index is 10.1. The van der Waals surface area contributed by atoms with Gasteiger partial charge in [0, 0.05) is 43.3 Å². The van der Waals surface area contributed by atoms with E-state index >= 15 is 0 Å². The highest BCUT2D eigenvalue weighted by Gasteiger charge is 2.22. The third-order valence-corrected chi connectivity index (χ3v) is 5.31. The van der Waals surface area contributed by atoms with Gasteiger partial charge in [-0.2, -0.15) is 0 Å². The predicted molar refractivity (Wildman–Crippen MR) is 118 cm³/mol. The lowest BCUT2D eigenvalue weighted by Crippen LogP contribution is -2.45. The molecule has 0 saturated carbocycles. The first-order valence-corrected chi connectivity index (χ1v) is 10.0. The van der Waals surface area contributed by atoms with Crippen LogP contribution in [0.25, 0.3) is 0 Å². The van der Waals surface area contributed by atoms with Crippen LogP contribution < -0.4 is 10.1 Å². The summed E-state index contributed by atoms with van der Waals surface area (Å²) >= 11 is 6.25. The topological polar surface area (TPSA) is 44.7 Å². The molecule has 2 N–H and O–H groups in total. The van der Waals surface area contributed by atoms with Gasteiger partial charge < -0.3 is 15.2 Å². The molecule has 2 aromatic carbocycles. The van der Waals surface area contributed by atoms with Crippen LogP contribution in [0.15, 0.2) is 36.4 Å². The first-order chi connectivity index (χ1) is 12.9. The van der Waals surface area contributed by atoms with E-state index in [1.54, 1.807) is 0 Å². The Morgan fingerprint density at radius 1 is 1.18 bits per heavy atom. The Kier molecular flexibility index (Phi) is 8.44. The average Bonchev–Trinajstić information content (AvgIpc) is 2.64. The summed E-state index contributed by atoms with van der Waals surface area (Å²) in [5.74, 6) is 1.40. The van der Waals surface area contributed by atoms with Crippen LogP contribution in [0, 0.1) is 6.92 Å². The van der Waals surface area contributed by atoms with Gasteiger partial charge in [-0.3, -0.25) is 4.90 Å². The van der Waals surface area contributed by atoms with Crippen LogP contribution in [-0.2, 0) is 0 Å². The molecule has 0 aromatic heterocycles. The number of phenolic OH excluding ortho intramolecular Hbond substituents is 1. The second-order valence-corrected chi connectivity index (χ2v) is 7.98. The number of rotatable bonds is 6. The van der Waals surface area contributed by atoms with Crippen molar-refractivity contribution >= 4 is 24.0 Å². The summed E-state index contributed by atoms with van der Waals surface area (Å²) < 4.78 is 6.55. The Bertz CT molecular complexity index is 777. The zero-order valence-corrected chi connectivity index (χ0v) is 18.3. The fraction of sp³-hybridized carbons (Fsp3) is 0.455. The normalized spacial score (nSPS) is 15.9. The number of halogens is 2. The second-order valence-electron chi connectivity index (χ2n) is 7.54. The standard InChI is InChI=1S/C22H29ClN2O2.ClH/c1-15(2)19-13-20(26)16(3)11-21(19)27-22(14-25-9-7-24-8-10-25)17-5-4-6-18(23)12-17;/h4-6,11-13,15,22,24,26H,7-10,14H2,1-3H3;1H. The van der Waals surface area contributed by atoms with Crippen LogP contribution in [0.5, 0.6) is 11.5 Å². The molecule has 2 aromatic rings. The molecule has 1 atom stereocenters. The number of hydrogen-bond acceptors (Lipinski definition) is 4. The van der Waals surface area contributed by atoms with Gasteiger partial charge in [0.15, 0.2) is 0 Å². The minimum atomic E-state index is -0.122. The molecule has 1 unspecified atom stereocenters. The molecule has 0 spiro atoms. The largest absolute Gasteiger partial charge is 0.508 e. The molecule has 0 amide bonds. The van der Waals surface area contributed by atoms with E-state index in [9.17, 15) is 5.11 Å². The third kappa shape index (κ3) is 5.77. The van der Waals surface area contributed by atoms with E-state index in [0.717, 1.165) is 55.2 Å². The van der Waals surface area contributed by atoms with Crippen molar-refractivity contribution in [3.05, 3.63) is 58.1 Å². The molecule has 154 valence electrons. The summed E-state index contributed by atoms with van der Waals surface area (Å²) in [5, 5.41) is 14.2. The van der Waals surface area contributed by atoms with Crippen LogP contribution in [-0.4, -0.2) is 42.7 Å². The minimum absolute atomic E-state index is 0. The third-order valence-electron chi connectivity index (χ3n) is 5.07. The van der Waals surface area contributed by atoms with Crippen molar-refractivity contribution in [2.75, 3.05) is 32.7 Å². The second kappa shape index (κ2) is 10.4. The van der Waals surface area contributed by atoms with Crippen molar-refractivity contribution in [1.29, 1.82) is 0 Å². The number of phenols is 1. The van der Waals surface area contributed by atoms with E-state index in [1.165, 1.54) is 0 Å². The molecular formula is C22H30Cl2N2O2. The highest BCUT2D eigenvalue weighted by molar-refractivity contribution is 6.30. The Morgan fingerprint density at radius 2 is 1.89 bits per heavy atom. The summed E-state index contributed by atoms with van der Waals surface area (Å²) in [4.78, 5) is 2.42. The maximum Gasteiger partial charge on any atom is 0.136 e. The quantitative estimate of drug-likeness (QED) is 0.689. The fourth-order valence-electron chi connectivity index (χ4n) is 3.44. The molecule has 1 aliphatic heterocycles. The predicted octanol–water partition coefficient (Wildman–Crippen LogP) is 4.92. The molecule has 3 rings (SSSR count). The van der Waals surface area contributed by atoms with Crippen molar-refractivity contribution in [3.8, 4) is 11.5 Å². The summed E-state index contributed by atoms with van der Waals surface area (Å²) in [7, 11) is 0. The smallest absolute Gasteiger partial charge is 0.136 e. The van der Waals surface area contributed by atoms with Crippen molar-refractivity contribution in [2.24, 2.45) is 0 Å². The maximum atomic E-state index is 10.1. The van der Waals surface area contributed by atoms with Gasteiger partial charge in [-0.05, 0) is 48.2 Å². The Morgan fingerprint density at radius 3 is 2.54 bits per heavy atom. The molecule has 1 fully saturated rings. The summed E-state index contributed by atoms with van der Waals surface area (Å²) in [6, 6.07) is 11.7. The Balaban J connectivity index is 0.00000280. The molecular weight excluding hydrogens is 395 g/mol. The van der Waals surface area contributed by atoms with Crippen molar-refractivity contribution in [1.82, 2.24) is 10.2 Å². The van der Waals surface area contributed by atoms with E-state index in [4.69, 9.17) is 16.3 Å². The van der Waals surface area contributed by atoms with Crippen LogP contribution in [0.1, 0.15) is 42.6 Å². The van der Waals surface area contributed by atoms with Crippen molar-refractivity contribution in [2.45, 2.75) is 32.8 Å². The van der Waals surface area contributed by atoms with Gasteiger partial charge in [-0.25, -0.2) is 0 Å². The van der Waals surface area contributed by atoms with Gasteiger partial charge in [-0.15, -0.1) is 12.4 Å². The molecule has 6 heteroatoms. The summed E-state index contributed by atoms with van der Waals surface area (Å²) in [6.45, 7) is 10.9. The van der Waals surface area contributed by atoms with Crippen molar-refractivity contribution in [3.63, 3.8) is 0 Å². The van der Waals surface area contributed by atoms with Crippen LogP contribution >= 0.6 is 24.0 Å². The van der Waals surface area contributed by atoms with E-state index < -0.39 is 0 Å². The Hall–Kier alpha value is -1.46. The molecule has 1 aliphatic rings. The van der Waals surface area contributed by atoms with E-state index in [0.29, 0.717) is 10.8 Å². The van der Waals surface area contributed by atoms with E-state index in [2.05, 4.69) is 30.1 Å². The van der Waals surface area contributed by atoms with Crippen LogP contribution in [0.3, 0.4) is 0 Å². The van der Waals surface area contributed by atoms with Gasteiger partial charge in [-0.1, -0.05) is 37.6 Å². The lowest BCUT2D eigenvalue weighted by Gasteiger charge is -2.32. The first kappa shape index (κ1) is 22.8. The molecule has 0 radical (unpaired) electrons. The lowest BCUT2D eigenvalue weighted by molar-refractivity contribution is 0.122. The van der Waals surface area contributed by atoms with Gasteiger partial charge in [0.25, 0.3) is 0 Å². The molecule has 4 nitrogen and oxygen atoms in total. The monoisotopic (exact) mass is 424 g/mol. The van der Waals surface area contributed by atoms with Gasteiger partial charge in [0.05, 0.1) is 0 Å². The van der Waals surface area contributed by atoms with Crippen LogP contribution in [0.4, 0.5) is 0 Å². The number of nitrogens with zero attached hydrogens (tertiary/aromatic N) is 1. The number of nitrogens with one attached hydrogen (secondary N) is 1. The van der Waals surface area contributed by atoms with E-state index in [-0.39, 0.29) is 24.4 Å². The molecule has 0 bridgehead atoms. The number of ether oxygens (including phenoxy) is 1. The molecule has 0 aliphatic carbocycles. The van der Waals surface area contributed by atoms with Gasteiger partial charge in [0.2, 0.25) is 0 Å². The van der Waals surface area contributed by atoms with Crippen LogP contribution in [0.2, 0.25) is 5.02 Å². The number of piperazine rings is 1. The molecule has 1 heterocycles. The molecule has 1 saturated heterocycles. The fourth-order valence-corrected chi connectivity index (χ4v) is 3.64. The summed E-state index contributed by atoms with van der Waals surface area (Å²) in [5.41, 5.74) is 2.91.